The minimum Gasteiger partial charge on any atom is -0.366 e. The van der Waals surface area contributed by atoms with Gasteiger partial charge in [0.25, 0.3) is 0 Å². The maximum atomic E-state index is 11.4. The zero-order chi connectivity index (χ0) is 9.84. The number of thiocarbonyl (C=S) groups is 1. The molecule has 1 heterocycles. The van der Waals surface area contributed by atoms with E-state index >= 15 is 0 Å². The van der Waals surface area contributed by atoms with Crippen molar-refractivity contribution in [1.82, 2.24) is 15.5 Å². The lowest BCUT2D eigenvalue weighted by Gasteiger charge is -2.25. The van der Waals surface area contributed by atoms with Crippen LogP contribution in [0.15, 0.2) is 0 Å². The number of nitrogens with zero attached hydrogens (tertiary/aromatic N) is 1. The Kier molecular flexibility index (Phi) is 3.48. The van der Waals surface area contributed by atoms with Gasteiger partial charge in [-0.05, 0) is 25.1 Å². The zero-order valence-electron chi connectivity index (χ0n) is 7.96. The molecule has 0 radical (unpaired) electrons. The highest BCUT2D eigenvalue weighted by Crippen LogP contribution is 2.16. The Morgan fingerprint density at radius 1 is 1.46 bits per heavy atom. The lowest BCUT2D eigenvalue weighted by atomic mass is 10.2. The molecule has 0 aromatic carbocycles. The maximum absolute atomic E-state index is 11.4. The van der Waals surface area contributed by atoms with Crippen molar-refractivity contribution in [2.24, 2.45) is 0 Å². The molecule has 1 saturated heterocycles. The van der Waals surface area contributed by atoms with Gasteiger partial charge >= 0.3 is 0 Å². The third-order valence-electron chi connectivity index (χ3n) is 2.28. The van der Waals surface area contributed by atoms with Crippen molar-refractivity contribution in [2.45, 2.75) is 18.9 Å². The average molecular weight is 201 g/mol. The topological polar surface area (TPSA) is 44.4 Å². The summed E-state index contributed by atoms with van der Waals surface area (Å²) in [6.07, 6.45) is 1.92. The molecule has 13 heavy (non-hydrogen) atoms. The quantitative estimate of drug-likeness (QED) is 0.572. The van der Waals surface area contributed by atoms with Crippen LogP contribution in [0.5, 0.6) is 0 Å². The van der Waals surface area contributed by atoms with E-state index in [2.05, 4.69) is 10.6 Å². The van der Waals surface area contributed by atoms with Crippen LogP contribution in [0.1, 0.15) is 12.8 Å². The molecule has 0 spiro atoms. The van der Waals surface area contributed by atoms with Gasteiger partial charge in [-0.25, -0.2) is 0 Å². The van der Waals surface area contributed by atoms with Gasteiger partial charge in [-0.1, -0.05) is 0 Å². The van der Waals surface area contributed by atoms with Gasteiger partial charge in [-0.3, -0.25) is 4.79 Å². The summed E-state index contributed by atoms with van der Waals surface area (Å²) in [4.78, 5) is 13.3. The van der Waals surface area contributed by atoms with Crippen molar-refractivity contribution < 1.29 is 4.79 Å². The Balaban J connectivity index is 2.63. The van der Waals surface area contributed by atoms with Crippen LogP contribution in [0, 0.1) is 0 Å². The van der Waals surface area contributed by atoms with E-state index in [0.29, 0.717) is 5.11 Å². The van der Waals surface area contributed by atoms with E-state index in [1.807, 2.05) is 4.90 Å². The molecule has 1 atom stereocenters. The van der Waals surface area contributed by atoms with E-state index in [4.69, 9.17) is 12.2 Å². The van der Waals surface area contributed by atoms with Crippen molar-refractivity contribution in [3.05, 3.63) is 0 Å². The Hall–Kier alpha value is -0.840. The first-order valence-electron chi connectivity index (χ1n) is 4.40. The van der Waals surface area contributed by atoms with Crippen molar-refractivity contribution in [3.8, 4) is 0 Å². The molecule has 1 fully saturated rings. The standard InChI is InChI=1S/C8H15N3OS/c1-9-7(12)6-4-3-5-11(6)8(13)10-2/h6H,3-5H2,1-2H3,(H,9,12)(H,10,13)/t6-/m0/s1. The monoisotopic (exact) mass is 201 g/mol. The highest BCUT2D eigenvalue weighted by atomic mass is 32.1. The van der Waals surface area contributed by atoms with E-state index in [1.54, 1.807) is 14.1 Å². The summed E-state index contributed by atoms with van der Waals surface area (Å²) in [5, 5.41) is 6.20. The molecule has 0 bridgehead atoms. The first kappa shape index (κ1) is 10.2. The number of rotatable bonds is 1. The van der Waals surface area contributed by atoms with Gasteiger partial charge in [0.15, 0.2) is 5.11 Å². The number of carbonyl (C=O) groups is 1. The number of nitrogens with one attached hydrogen (secondary N) is 2. The fourth-order valence-corrected chi connectivity index (χ4v) is 1.81. The Morgan fingerprint density at radius 2 is 2.15 bits per heavy atom. The van der Waals surface area contributed by atoms with Crippen molar-refractivity contribution in [3.63, 3.8) is 0 Å². The Morgan fingerprint density at radius 3 is 2.69 bits per heavy atom. The molecule has 1 rings (SSSR count). The van der Waals surface area contributed by atoms with Crippen molar-refractivity contribution in [2.75, 3.05) is 20.6 Å². The third-order valence-corrected chi connectivity index (χ3v) is 2.72. The minimum absolute atomic E-state index is 0.0510. The minimum atomic E-state index is -0.0788. The van der Waals surface area contributed by atoms with Gasteiger partial charge < -0.3 is 15.5 Å². The number of hydrogen-bond acceptors (Lipinski definition) is 2. The normalized spacial score (nSPS) is 21.4. The van der Waals surface area contributed by atoms with Crippen molar-refractivity contribution in [1.29, 1.82) is 0 Å². The summed E-state index contributed by atoms with van der Waals surface area (Å²) in [6.45, 7) is 0.873. The summed E-state index contributed by atoms with van der Waals surface area (Å²) in [5.41, 5.74) is 0. The van der Waals surface area contributed by atoms with Gasteiger partial charge in [0.05, 0.1) is 0 Å². The molecule has 1 aliphatic heterocycles. The molecular formula is C8H15N3OS. The second kappa shape index (κ2) is 4.41. The molecule has 0 saturated carbocycles. The molecule has 4 nitrogen and oxygen atoms in total. The predicted octanol–water partition coefficient (Wildman–Crippen LogP) is -0.299. The summed E-state index contributed by atoms with van der Waals surface area (Å²) in [6, 6.07) is -0.0788. The van der Waals surface area contributed by atoms with E-state index in [9.17, 15) is 4.79 Å². The third kappa shape index (κ3) is 2.09. The lowest BCUT2D eigenvalue weighted by Crippen LogP contribution is -2.47. The SMILES string of the molecule is CNC(=O)[C@@H]1CCCN1C(=S)NC. The first-order valence-corrected chi connectivity index (χ1v) is 4.81. The van der Waals surface area contributed by atoms with Gasteiger partial charge in [-0.15, -0.1) is 0 Å². The molecule has 0 aliphatic carbocycles. The van der Waals surface area contributed by atoms with Crippen LogP contribution < -0.4 is 10.6 Å². The number of likely N-dealkylation sites (N-methyl/N-ethyl adjacent to an activating group) is 1. The van der Waals surface area contributed by atoms with Crippen LogP contribution >= 0.6 is 12.2 Å². The summed E-state index contributed by atoms with van der Waals surface area (Å²) in [5.74, 6) is 0.0510. The Bertz CT molecular complexity index is 197. The second-order valence-corrected chi connectivity index (χ2v) is 3.41. The van der Waals surface area contributed by atoms with Crippen LogP contribution in [0.4, 0.5) is 0 Å². The largest absolute Gasteiger partial charge is 0.366 e. The molecular weight excluding hydrogens is 186 g/mol. The summed E-state index contributed by atoms with van der Waals surface area (Å²) in [7, 11) is 3.43. The van der Waals surface area contributed by atoms with E-state index in [1.165, 1.54) is 0 Å². The lowest BCUT2D eigenvalue weighted by molar-refractivity contribution is -0.123. The second-order valence-electron chi connectivity index (χ2n) is 3.02. The number of carbonyl (C=O) groups excluding carboxylic acids is 1. The van der Waals surface area contributed by atoms with Crippen molar-refractivity contribution >= 4 is 23.2 Å². The van der Waals surface area contributed by atoms with Gasteiger partial charge in [0, 0.05) is 20.6 Å². The zero-order valence-corrected chi connectivity index (χ0v) is 8.78. The molecule has 74 valence electrons. The maximum Gasteiger partial charge on any atom is 0.242 e. The van der Waals surface area contributed by atoms with Crippen LogP contribution in [0.2, 0.25) is 0 Å². The smallest absolute Gasteiger partial charge is 0.242 e. The highest BCUT2D eigenvalue weighted by molar-refractivity contribution is 7.80. The molecule has 0 aromatic rings. The molecule has 0 aromatic heterocycles. The van der Waals surface area contributed by atoms with Crippen LogP contribution in [-0.4, -0.2) is 42.6 Å². The first-order chi connectivity index (χ1) is 6.20. The predicted molar refractivity (Wildman–Crippen MR) is 55.5 cm³/mol. The summed E-state index contributed by atoms with van der Waals surface area (Å²) >= 11 is 5.09. The molecule has 5 heteroatoms. The average Bonchev–Trinajstić information content (AvgIpc) is 2.63. The fourth-order valence-electron chi connectivity index (χ4n) is 1.59. The molecule has 2 N–H and O–H groups in total. The van der Waals surface area contributed by atoms with E-state index in [-0.39, 0.29) is 11.9 Å². The van der Waals surface area contributed by atoms with Crippen LogP contribution in [-0.2, 0) is 4.79 Å². The number of amides is 1. The molecule has 1 aliphatic rings. The molecule has 0 unspecified atom stereocenters. The highest BCUT2D eigenvalue weighted by Gasteiger charge is 2.30. The van der Waals surface area contributed by atoms with Gasteiger partial charge in [-0.2, -0.15) is 0 Å². The molecule has 1 amide bonds. The number of likely N-dealkylation sites (tertiary alicyclic amines) is 1. The van der Waals surface area contributed by atoms with E-state index < -0.39 is 0 Å². The van der Waals surface area contributed by atoms with Gasteiger partial charge in [0.2, 0.25) is 5.91 Å². The van der Waals surface area contributed by atoms with E-state index in [0.717, 1.165) is 19.4 Å². The van der Waals surface area contributed by atoms with Gasteiger partial charge in [0.1, 0.15) is 6.04 Å². The number of hydrogen-bond donors (Lipinski definition) is 2. The Labute approximate surface area is 83.7 Å². The van der Waals surface area contributed by atoms with Crippen LogP contribution in [0.25, 0.3) is 0 Å². The fraction of sp³-hybridized carbons (Fsp3) is 0.750. The van der Waals surface area contributed by atoms with Crippen LogP contribution in [0.3, 0.4) is 0 Å². The summed E-state index contributed by atoms with van der Waals surface area (Å²) < 4.78 is 0.